The summed E-state index contributed by atoms with van der Waals surface area (Å²) in [5.74, 6) is 0. The van der Waals surface area contributed by atoms with Crippen LogP contribution in [0.1, 0.15) is 64.7 Å². The predicted molar refractivity (Wildman–Crippen MR) is 125 cm³/mol. The Kier molecular flexibility index (Phi) is 11.1. The molecule has 0 unspecified atom stereocenters. The van der Waals surface area contributed by atoms with Gasteiger partial charge in [0.15, 0.2) is 0 Å². The molecule has 0 radical (unpaired) electrons. The number of unbranched alkanes of at least 4 members (excludes halogenated alkanes) is 3. The van der Waals surface area contributed by atoms with E-state index in [4.69, 9.17) is 16.3 Å². The van der Waals surface area contributed by atoms with Crippen molar-refractivity contribution in [2.75, 3.05) is 33.8 Å². The Balaban J connectivity index is 1.65. The zero-order valence-corrected chi connectivity index (χ0v) is 20.4. The molecule has 0 spiro atoms. The van der Waals surface area contributed by atoms with Crippen LogP contribution in [0.4, 0.5) is 0 Å². The molecule has 1 aromatic carbocycles. The minimum Gasteiger partial charge on any atom is -0.378 e. The van der Waals surface area contributed by atoms with Crippen molar-refractivity contribution in [1.82, 2.24) is 9.21 Å². The third-order valence-electron chi connectivity index (χ3n) is 6.08. The number of nitrogens with zero attached hydrogens (tertiary/aromatic N) is 2. The zero-order chi connectivity index (χ0) is 22.0. The van der Waals surface area contributed by atoms with E-state index in [1.165, 1.54) is 36.5 Å². The minimum absolute atomic E-state index is 0.0299. The van der Waals surface area contributed by atoms with E-state index in [1.807, 2.05) is 0 Å². The smallest absolute Gasteiger partial charge is 0.243 e. The van der Waals surface area contributed by atoms with Gasteiger partial charge in [0.1, 0.15) is 0 Å². The number of hydrogen-bond acceptors (Lipinski definition) is 4. The molecule has 0 aliphatic heterocycles. The summed E-state index contributed by atoms with van der Waals surface area (Å²) < 4.78 is 33.3. The Hall–Kier alpha value is -0.660. The third-order valence-corrected chi connectivity index (χ3v) is 8.26. The first-order chi connectivity index (χ1) is 14.3. The van der Waals surface area contributed by atoms with Crippen LogP contribution in [0.25, 0.3) is 0 Å². The molecule has 0 atom stereocenters. The molecule has 0 amide bonds. The van der Waals surface area contributed by atoms with E-state index >= 15 is 0 Å². The maximum Gasteiger partial charge on any atom is 0.243 e. The van der Waals surface area contributed by atoms with Crippen LogP contribution in [-0.2, 0) is 14.8 Å². The minimum atomic E-state index is -3.48. The maximum absolute atomic E-state index is 12.9. The van der Waals surface area contributed by atoms with Crippen molar-refractivity contribution in [2.24, 2.45) is 0 Å². The standard InChI is InChI=1S/C23H39ClN2O3S/c1-4-5-6-17-25(2)18-7-8-19-29-22-13-11-21(12-14-22)26(3)30(27,28)23-15-9-20(24)10-16-23/h9-10,15-16,21-22H,4-8,11-14,17-19H2,1-3H3. The highest BCUT2D eigenvalue weighted by Gasteiger charge is 2.31. The normalized spacial score (nSPS) is 20.2. The Labute approximate surface area is 188 Å². The first-order valence-electron chi connectivity index (χ1n) is 11.4. The van der Waals surface area contributed by atoms with Gasteiger partial charge in [0.25, 0.3) is 0 Å². The Morgan fingerprint density at radius 1 is 0.967 bits per heavy atom. The number of benzene rings is 1. The summed E-state index contributed by atoms with van der Waals surface area (Å²) in [6.45, 7) is 5.36. The molecule has 0 bridgehead atoms. The molecule has 1 saturated carbocycles. The fourth-order valence-corrected chi connectivity index (χ4v) is 5.56. The predicted octanol–water partition coefficient (Wildman–Crippen LogP) is 5.19. The van der Waals surface area contributed by atoms with Crippen LogP contribution in [0.5, 0.6) is 0 Å². The van der Waals surface area contributed by atoms with Crippen molar-refractivity contribution in [3.05, 3.63) is 29.3 Å². The van der Waals surface area contributed by atoms with Gasteiger partial charge in [-0.25, -0.2) is 8.42 Å². The number of rotatable bonds is 13. The summed E-state index contributed by atoms with van der Waals surface area (Å²) in [5, 5.41) is 0.539. The molecule has 0 saturated heterocycles. The van der Waals surface area contributed by atoms with E-state index in [0.29, 0.717) is 9.92 Å². The first kappa shape index (κ1) is 25.6. The molecule has 5 nitrogen and oxygen atoms in total. The van der Waals surface area contributed by atoms with Crippen molar-refractivity contribution in [2.45, 2.75) is 81.8 Å². The van der Waals surface area contributed by atoms with E-state index in [0.717, 1.165) is 45.3 Å². The average molecular weight is 459 g/mol. The van der Waals surface area contributed by atoms with Gasteiger partial charge in [-0.1, -0.05) is 31.4 Å². The SMILES string of the molecule is CCCCCN(C)CCCCOC1CCC(N(C)S(=O)(=O)c2ccc(Cl)cc2)CC1. The van der Waals surface area contributed by atoms with Gasteiger partial charge in [-0.15, -0.1) is 0 Å². The molecule has 2 rings (SSSR count). The van der Waals surface area contributed by atoms with Crippen LogP contribution in [0, 0.1) is 0 Å². The Bertz CT molecular complexity index is 704. The second-order valence-electron chi connectivity index (χ2n) is 8.49. The van der Waals surface area contributed by atoms with E-state index in [-0.39, 0.29) is 12.1 Å². The fourth-order valence-electron chi connectivity index (χ4n) is 4.02. The molecular formula is C23H39ClN2O3S. The highest BCUT2D eigenvalue weighted by molar-refractivity contribution is 7.89. The van der Waals surface area contributed by atoms with Crippen LogP contribution >= 0.6 is 11.6 Å². The summed E-state index contributed by atoms with van der Waals surface area (Å²) in [6, 6.07) is 6.42. The van der Waals surface area contributed by atoms with Crippen LogP contribution in [-0.4, -0.2) is 63.6 Å². The number of ether oxygens (including phenoxy) is 1. The zero-order valence-electron chi connectivity index (χ0n) is 18.9. The van der Waals surface area contributed by atoms with Gasteiger partial charge in [-0.3, -0.25) is 0 Å². The van der Waals surface area contributed by atoms with Crippen molar-refractivity contribution in [3.8, 4) is 0 Å². The summed E-state index contributed by atoms with van der Waals surface area (Å²) in [6.07, 6.45) is 9.90. The largest absolute Gasteiger partial charge is 0.378 e. The van der Waals surface area contributed by atoms with Crippen LogP contribution < -0.4 is 0 Å². The van der Waals surface area contributed by atoms with Gasteiger partial charge >= 0.3 is 0 Å². The van der Waals surface area contributed by atoms with Gasteiger partial charge in [-0.05, 0) is 89.3 Å². The van der Waals surface area contributed by atoms with Crippen molar-refractivity contribution < 1.29 is 13.2 Å². The fraction of sp³-hybridized carbons (Fsp3) is 0.739. The van der Waals surface area contributed by atoms with Crippen molar-refractivity contribution in [1.29, 1.82) is 0 Å². The molecule has 7 heteroatoms. The topological polar surface area (TPSA) is 49.9 Å². The van der Waals surface area contributed by atoms with Gasteiger partial charge in [-0.2, -0.15) is 4.31 Å². The van der Waals surface area contributed by atoms with E-state index < -0.39 is 10.0 Å². The molecule has 1 aliphatic carbocycles. The Morgan fingerprint density at radius 2 is 1.57 bits per heavy atom. The second-order valence-corrected chi connectivity index (χ2v) is 10.9. The molecular weight excluding hydrogens is 420 g/mol. The third kappa shape index (κ3) is 8.12. The number of sulfonamides is 1. The molecule has 0 aromatic heterocycles. The summed E-state index contributed by atoms with van der Waals surface area (Å²) in [5.41, 5.74) is 0. The molecule has 1 fully saturated rings. The monoisotopic (exact) mass is 458 g/mol. The van der Waals surface area contributed by atoms with E-state index in [2.05, 4.69) is 18.9 Å². The summed E-state index contributed by atoms with van der Waals surface area (Å²) in [7, 11) is 0.403. The quantitative estimate of drug-likeness (QED) is 0.381. The number of halogens is 1. The van der Waals surface area contributed by atoms with Crippen molar-refractivity contribution in [3.63, 3.8) is 0 Å². The van der Waals surface area contributed by atoms with Gasteiger partial charge < -0.3 is 9.64 Å². The highest BCUT2D eigenvalue weighted by atomic mass is 35.5. The highest BCUT2D eigenvalue weighted by Crippen LogP contribution is 2.28. The molecule has 1 aromatic rings. The molecule has 1 aliphatic rings. The summed E-state index contributed by atoms with van der Waals surface area (Å²) >= 11 is 5.88. The van der Waals surface area contributed by atoms with Gasteiger partial charge in [0.05, 0.1) is 11.0 Å². The lowest BCUT2D eigenvalue weighted by Gasteiger charge is -2.34. The average Bonchev–Trinajstić information content (AvgIpc) is 2.74. The van der Waals surface area contributed by atoms with E-state index in [9.17, 15) is 8.42 Å². The molecule has 0 heterocycles. The van der Waals surface area contributed by atoms with E-state index in [1.54, 1.807) is 31.3 Å². The first-order valence-corrected chi connectivity index (χ1v) is 13.2. The Morgan fingerprint density at radius 3 is 2.17 bits per heavy atom. The lowest BCUT2D eigenvalue weighted by atomic mass is 9.93. The van der Waals surface area contributed by atoms with Gasteiger partial charge in [0.2, 0.25) is 10.0 Å². The lowest BCUT2D eigenvalue weighted by Crippen LogP contribution is -2.40. The number of hydrogen-bond donors (Lipinski definition) is 0. The van der Waals surface area contributed by atoms with Crippen LogP contribution in [0.2, 0.25) is 5.02 Å². The maximum atomic E-state index is 12.9. The molecule has 172 valence electrons. The molecule has 0 N–H and O–H groups in total. The van der Waals surface area contributed by atoms with Crippen LogP contribution in [0.15, 0.2) is 29.2 Å². The van der Waals surface area contributed by atoms with Crippen LogP contribution in [0.3, 0.4) is 0 Å². The molecule has 30 heavy (non-hydrogen) atoms. The van der Waals surface area contributed by atoms with Gasteiger partial charge in [0, 0.05) is 24.7 Å². The lowest BCUT2D eigenvalue weighted by molar-refractivity contribution is 0.0152. The summed E-state index contributed by atoms with van der Waals surface area (Å²) in [4.78, 5) is 2.71. The van der Waals surface area contributed by atoms with Crippen molar-refractivity contribution >= 4 is 21.6 Å². The second kappa shape index (κ2) is 13.0.